The first-order valence-electron chi connectivity index (χ1n) is 9.02. The smallest absolute Gasteiger partial charge is 0.337 e. The quantitative estimate of drug-likeness (QED) is 0.583. The maximum Gasteiger partial charge on any atom is 0.337 e. The lowest BCUT2D eigenvalue weighted by Crippen LogP contribution is -2.45. The molecule has 0 radical (unpaired) electrons. The molecule has 5 nitrogen and oxygen atoms in total. The van der Waals surface area contributed by atoms with E-state index in [0.29, 0.717) is 30.6 Å². The predicted octanol–water partition coefficient (Wildman–Crippen LogP) is 2.74. The Kier molecular flexibility index (Phi) is 4.73. The molecule has 2 aliphatic heterocycles. The lowest BCUT2D eigenvalue weighted by Gasteiger charge is -2.40. The fourth-order valence-electron chi connectivity index (χ4n) is 4.12. The summed E-state index contributed by atoms with van der Waals surface area (Å²) in [5, 5.41) is 0. The molecular weight excluding hydrogens is 308 g/mol. The average Bonchev–Trinajstić information content (AvgIpc) is 3.29. The third-order valence-electron chi connectivity index (χ3n) is 5.55. The second-order valence-electron chi connectivity index (χ2n) is 8.15. The highest BCUT2D eigenvalue weighted by atomic mass is 16.6. The molecule has 4 atom stereocenters. The molecule has 0 amide bonds. The van der Waals surface area contributed by atoms with Crippen LogP contribution in [0.3, 0.4) is 0 Å². The third kappa shape index (κ3) is 3.23. The Hall–Kier alpha value is -1.36. The number of epoxide rings is 1. The molecule has 0 aromatic rings. The Labute approximate surface area is 143 Å². The Morgan fingerprint density at radius 2 is 2.08 bits per heavy atom. The summed E-state index contributed by atoms with van der Waals surface area (Å²) in [6.07, 6.45) is 3.86. The predicted molar refractivity (Wildman–Crippen MR) is 88.1 cm³/mol. The Morgan fingerprint density at radius 1 is 1.38 bits per heavy atom. The zero-order valence-corrected chi connectivity index (χ0v) is 15.0. The zero-order valence-electron chi connectivity index (χ0n) is 15.0. The van der Waals surface area contributed by atoms with Crippen LogP contribution in [0.1, 0.15) is 40.5 Å². The molecule has 1 saturated carbocycles. The minimum atomic E-state index is -0.365. The summed E-state index contributed by atoms with van der Waals surface area (Å²) in [6.45, 7) is 9.34. The summed E-state index contributed by atoms with van der Waals surface area (Å²) in [5.41, 5.74) is 0.112. The van der Waals surface area contributed by atoms with Crippen LogP contribution in [0.25, 0.3) is 0 Å². The van der Waals surface area contributed by atoms with Crippen LogP contribution in [0.2, 0.25) is 0 Å². The average molecular weight is 336 g/mol. The lowest BCUT2D eigenvalue weighted by molar-refractivity contribution is -0.154. The minimum absolute atomic E-state index is 0.00363. The molecule has 3 aliphatic rings. The summed E-state index contributed by atoms with van der Waals surface area (Å²) >= 11 is 0. The van der Waals surface area contributed by atoms with Crippen LogP contribution in [-0.4, -0.2) is 37.4 Å². The topological polar surface area (TPSA) is 65.1 Å². The molecular formula is C19H28O5. The number of hydrogen-bond acceptors (Lipinski definition) is 5. The molecule has 0 N–H and O–H groups in total. The highest BCUT2D eigenvalue weighted by Gasteiger charge is 2.62. The second-order valence-corrected chi connectivity index (χ2v) is 8.15. The number of hydrogen-bond donors (Lipinski definition) is 0. The fraction of sp³-hybridized carbons (Fsp3) is 0.789. The van der Waals surface area contributed by atoms with E-state index in [-0.39, 0.29) is 41.9 Å². The first-order chi connectivity index (χ1) is 11.3. The van der Waals surface area contributed by atoms with Crippen LogP contribution >= 0.6 is 0 Å². The van der Waals surface area contributed by atoms with E-state index < -0.39 is 0 Å². The van der Waals surface area contributed by atoms with Crippen molar-refractivity contribution in [2.45, 2.75) is 46.1 Å². The van der Waals surface area contributed by atoms with Gasteiger partial charge in [-0.15, -0.1) is 0 Å². The first kappa shape index (κ1) is 17.5. The van der Waals surface area contributed by atoms with E-state index in [9.17, 15) is 9.59 Å². The van der Waals surface area contributed by atoms with Crippen molar-refractivity contribution in [2.75, 3.05) is 19.8 Å². The molecule has 2 fully saturated rings. The van der Waals surface area contributed by atoms with Crippen LogP contribution in [-0.2, 0) is 23.8 Å². The normalized spacial score (nSPS) is 35.3. The van der Waals surface area contributed by atoms with Gasteiger partial charge in [0, 0.05) is 0 Å². The van der Waals surface area contributed by atoms with E-state index >= 15 is 0 Å². The van der Waals surface area contributed by atoms with E-state index in [0.717, 1.165) is 12.8 Å². The number of carbonyl (C=O) groups is 2. The highest BCUT2D eigenvalue weighted by molar-refractivity contribution is 5.90. The number of carbonyl (C=O) groups excluding carboxylic acids is 2. The summed E-state index contributed by atoms with van der Waals surface area (Å²) in [6, 6.07) is 0. The number of ether oxygens (including phenoxy) is 3. The molecule has 1 saturated heterocycles. The van der Waals surface area contributed by atoms with Gasteiger partial charge in [0.25, 0.3) is 0 Å². The van der Waals surface area contributed by atoms with Crippen molar-refractivity contribution < 1.29 is 23.8 Å². The van der Waals surface area contributed by atoms with Gasteiger partial charge in [-0.1, -0.05) is 33.8 Å². The van der Waals surface area contributed by atoms with E-state index in [1.54, 1.807) is 0 Å². The maximum atomic E-state index is 12.6. The van der Waals surface area contributed by atoms with Gasteiger partial charge in [-0.3, -0.25) is 4.79 Å². The van der Waals surface area contributed by atoms with E-state index in [2.05, 4.69) is 13.8 Å². The summed E-state index contributed by atoms with van der Waals surface area (Å²) in [5.74, 6) is 0.151. The van der Waals surface area contributed by atoms with Crippen LogP contribution in [0.4, 0.5) is 0 Å². The Bertz CT molecular complexity index is 544. The molecule has 2 heterocycles. The second kappa shape index (κ2) is 6.51. The van der Waals surface area contributed by atoms with Crippen molar-refractivity contribution in [1.29, 1.82) is 0 Å². The standard InChI is InChI=1S/C19H28O5/c1-11(2)8-22-17(20)13-7-15-14(12(3)4)5-6-19(10-24-19)16(15)18(21)23-9-13/h7,11-12,14-16H,5-6,8-10H2,1-4H3/t14-,15+,16-,19-/m1/s1. The number of rotatable bonds is 4. The van der Waals surface area contributed by atoms with E-state index in [1.165, 1.54) is 0 Å². The van der Waals surface area contributed by atoms with Crippen LogP contribution in [0.5, 0.6) is 0 Å². The van der Waals surface area contributed by atoms with E-state index in [1.807, 2.05) is 19.9 Å². The molecule has 0 aromatic heterocycles. The van der Waals surface area contributed by atoms with Crippen LogP contribution < -0.4 is 0 Å². The molecule has 24 heavy (non-hydrogen) atoms. The number of esters is 2. The monoisotopic (exact) mass is 336 g/mol. The van der Waals surface area contributed by atoms with Gasteiger partial charge in [0.15, 0.2) is 0 Å². The molecule has 0 bridgehead atoms. The van der Waals surface area contributed by atoms with Gasteiger partial charge in [0.05, 0.1) is 24.7 Å². The minimum Gasteiger partial charge on any atom is -0.462 e. The molecule has 5 heteroatoms. The summed E-state index contributed by atoms with van der Waals surface area (Å²) in [4.78, 5) is 25.0. The number of allylic oxidation sites excluding steroid dienone is 1. The van der Waals surface area contributed by atoms with Gasteiger partial charge >= 0.3 is 11.9 Å². The molecule has 1 aliphatic carbocycles. The largest absolute Gasteiger partial charge is 0.462 e. The van der Waals surface area contributed by atoms with Crippen molar-refractivity contribution >= 4 is 11.9 Å². The number of fused-ring (bicyclic) bond motifs is 2. The van der Waals surface area contributed by atoms with Gasteiger partial charge in [-0.05, 0) is 36.5 Å². The van der Waals surface area contributed by atoms with E-state index in [4.69, 9.17) is 14.2 Å². The van der Waals surface area contributed by atoms with Gasteiger partial charge in [0.2, 0.25) is 0 Å². The van der Waals surface area contributed by atoms with Crippen molar-refractivity contribution in [3.8, 4) is 0 Å². The lowest BCUT2D eigenvalue weighted by atomic mass is 9.63. The SMILES string of the molecule is CC(C)COC(=O)C1=C[C@H]2[C@@H](C(C)C)CC[C@@]3(CO3)[C@H]2C(=O)OC1. The third-order valence-corrected chi connectivity index (χ3v) is 5.55. The number of cyclic esters (lactones) is 1. The van der Waals surface area contributed by atoms with Gasteiger partial charge in [-0.25, -0.2) is 4.79 Å². The Balaban J connectivity index is 1.87. The van der Waals surface area contributed by atoms with Crippen molar-refractivity contribution in [1.82, 2.24) is 0 Å². The highest BCUT2D eigenvalue weighted by Crippen LogP contribution is 2.54. The fourth-order valence-corrected chi connectivity index (χ4v) is 4.12. The van der Waals surface area contributed by atoms with Crippen LogP contribution in [0, 0.1) is 29.6 Å². The maximum absolute atomic E-state index is 12.6. The zero-order chi connectivity index (χ0) is 17.5. The van der Waals surface area contributed by atoms with Crippen LogP contribution in [0.15, 0.2) is 11.6 Å². The summed E-state index contributed by atoms with van der Waals surface area (Å²) < 4.78 is 16.5. The van der Waals surface area contributed by atoms with Gasteiger partial charge in [-0.2, -0.15) is 0 Å². The van der Waals surface area contributed by atoms with Crippen molar-refractivity contribution in [3.05, 3.63) is 11.6 Å². The molecule has 0 aromatic carbocycles. The first-order valence-corrected chi connectivity index (χ1v) is 9.02. The van der Waals surface area contributed by atoms with Gasteiger partial charge in [0.1, 0.15) is 12.2 Å². The molecule has 3 rings (SSSR count). The molecule has 0 unspecified atom stereocenters. The molecule has 134 valence electrons. The summed E-state index contributed by atoms with van der Waals surface area (Å²) in [7, 11) is 0. The van der Waals surface area contributed by atoms with Gasteiger partial charge < -0.3 is 14.2 Å². The van der Waals surface area contributed by atoms with Crippen molar-refractivity contribution in [3.63, 3.8) is 0 Å². The van der Waals surface area contributed by atoms with Crippen molar-refractivity contribution in [2.24, 2.45) is 29.6 Å². The molecule has 1 spiro atoms. The Morgan fingerprint density at radius 3 is 2.67 bits per heavy atom.